The highest BCUT2D eigenvalue weighted by Crippen LogP contribution is 2.45. The molecule has 2 rings (SSSR count). The van der Waals surface area contributed by atoms with Gasteiger partial charge in [0.1, 0.15) is 17.1 Å². The minimum atomic E-state index is -1.08. The molecule has 0 radical (unpaired) electrons. The van der Waals surface area contributed by atoms with E-state index in [1.807, 2.05) is 20.8 Å². The predicted octanol–water partition coefficient (Wildman–Crippen LogP) is 9.07. The predicted molar refractivity (Wildman–Crippen MR) is 160 cm³/mol. The number of carbonyl (C=O) groups excluding carboxylic acids is 1. The van der Waals surface area contributed by atoms with Gasteiger partial charge in [-0.1, -0.05) is 78.7 Å². The van der Waals surface area contributed by atoms with Gasteiger partial charge in [-0.05, 0) is 87.8 Å². The van der Waals surface area contributed by atoms with E-state index in [1.54, 1.807) is 0 Å². The molecule has 3 atom stereocenters. The van der Waals surface area contributed by atoms with Crippen LogP contribution in [0.1, 0.15) is 128 Å². The van der Waals surface area contributed by atoms with E-state index < -0.39 is 11.9 Å². The smallest absolute Gasteiger partial charge is 0.327 e. The van der Waals surface area contributed by atoms with Crippen molar-refractivity contribution in [1.82, 2.24) is 0 Å². The van der Waals surface area contributed by atoms with Gasteiger partial charge in [-0.3, -0.25) is 4.79 Å². The summed E-state index contributed by atoms with van der Waals surface area (Å²) >= 11 is 0. The van der Waals surface area contributed by atoms with E-state index >= 15 is 0 Å². The van der Waals surface area contributed by atoms with Gasteiger partial charge in [0.2, 0.25) is 0 Å². The third kappa shape index (κ3) is 10.7. The molecule has 39 heavy (non-hydrogen) atoms. The van der Waals surface area contributed by atoms with E-state index in [-0.39, 0.29) is 12.0 Å². The maximum atomic E-state index is 12.3. The molecule has 0 spiro atoms. The Morgan fingerprint density at radius 1 is 0.923 bits per heavy atom. The van der Waals surface area contributed by atoms with E-state index in [4.69, 9.17) is 14.6 Å². The van der Waals surface area contributed by atoms with Crippen LogP contribution >= 0.6 is 0 Å². The number of fused-ring (bicyclic) bond motifs is 1. The number of esters is 1. The average molecular weight is 543 g/mol. The summed E-state index contributed by atoms with van der Waals surface area (Å²) in [6, 6.07) is 0. The van der Waals surface area contributed by atoms with Crippen LogP contribution in [-0.4, -0.2) is 22.6 Å². The fourth-order valence-electron chi connectivity index (χ4n) is 5.82. The summed E-state index contributed by atoms with van der Waals surface area (Å²) in [6.45, 7) is 17.7. The van der Waals surface area contributed by atoms with Crippen LogP contribution in [0.3, 0.4) is 0 Å². The normalized spacial score (nSPS) is 18.6. The molecule has 0 fully saturated rings. The number of hydrogen-bond donors (Lipinski definition) is 1. The summed E-state index contributed by atoms with van der Waals surface area (Å²) < 4.78 is 12.4. The largest absolute Gasteiger partial charge is 0.487 e. The standard InChI is InChI=1S/C34H54O5/c1-23(2)13-9-14-24(3)15-10-16-25(4)17-12-21-34(8)22-20-29-28(7)32(26(5)27(6)33(29)39-34)38-31(37)19-11-18-30(35)36/h11,18,23-25H,9-10,12-17,19-22H2,1-8H3,(H,35,36)/b18-11-. The van der Waals surface area contributed by atoms with Crippen molar-refractivity contribution in [1.29, 1.82) is 0 Å². The molecule has 1 aromatic carbocycles. The van der Waals surface area contributed by atoms with Crippen LogP contribution in [0.4, 0.5) is 0 Å². The van der Waals surface area contributed by atoms with E-state index in [1.165, 1.54) is 57.4 Å². The Morgan fingerprint density at radius 3 is 2.10 bits per heavy atom. The first-order chi connectivity index (χ1) is 18.3. The Labute approximate surface area is 237 Å². The SMILES string of the molecule is Cc1c(C)c2c(c(C)c1OC(=O)C/C=C\C(=O)O)CCC(C)(CCCC(C)CCCC(C)CCCC(C)C)O2. The Bertz CT molecular complexity index is 992. The third-order valence-electron chi connectivity index (χ3n) is 8.60. The number of ether oxygens (including phenoxy) is 2. The first-order valence-electron chi connectivity index (χ1n) is 15.2. The van der Waals surface area contributed by atoms with Crippen molar-refractivity contribution in [3.8, 4) is 11.5 Å². The lowest BCUT2D eigenvalue weighted by molar-refractivity contribution is -0.133. The summed E-state index contributed by atoms with van der Waals surface area (Å²) in [5, 5.41) is 8.73. The highest BCUT2D eigenvalue weighted by Gasteiger charge is 2.34. The summed E-state index contributed by atoms with van der Waals surface area (Å²) in [5.41, 5.74) is 3.80. The Kier molecular flexibility index (Phi) is 13.1. The van der Waals surface area contributed by atoms with Crippen molar-refractivity contribution >= 4 is 11.9 Å². The highest BCUT2D eigenvalue weighted by molar-refractivity contribution is 5.82. The van der Waals surface area contributed by atoms with Gasteiger partial charge in [-0.2, -0.15) is 0 Å². The van der Waals surface area contributed by atoms with Crippen molar-refractivity contribution in [3.05, 3.63) is 34.4 Å². The Hall–Kier alpha value is -2.30. The molecule has 220 valence electrons. The van der Waals surface area contributed by atoms with Gasteiger partial charge in [0.05, 0.1) is 6.42 Å². The topological polar surface area (TPSA) is 72.8 Å². The monoisotopic (exact) mass is 542 g/mol. The number of carbonyl (C=O) groups is 2. The first kappa shape index (κ1) is 32.9. The molecule has 1 aliphatic heterocycles. The van der Waals surface area contributed by atoms with Crippen LogP contribution in [0.15, 0.2) is 12.2 Å². The maximum absolute atomic E-state index is 12.3. The summed E-state index contributed by atoms with van der Waals surface area (Å²) in [6.07, 6.45) is 15.6. The second-order valence-corrected chi connectivity index (χ2v) is 12.8. The quantitative estimate of drug-likeness (QED) is 0.128. The fraction of sp³-hybridized carbons (Fsp3) is 0.706. The van der Waals surface area contributed by atoms with E-state index in [2.05, 4.69) is 34.6 Å². The van der Waals surface area contributed by atoms with Gasteiger partial charge in [-0.15, -0.1) is 0 Å². The molecule has 0 amide bonds. The van der Waals surface area contributed by atoms with Gasteiger partial charge >= 0.3 is 11.9 Å². The van der Waals surface area contributed by atoms with Gasteiger partial charge in [0, 0.05) is 11.6 Å². The second-order valence-electron chi connectivity index (χ2n) is 12.8. The molecule has 1 aliphatic rings. The van der Waals surface area contributed by atoms with Crippen LogP contribution in [-0.2, 0) is 16.0 Å². The van der Waals surface area contributed by atoms with Gasteiger partial charge < -0.3 is 14.6 Å². The molecule has 5 nitrogen and oxygen atoms in total. The van der Waals surface area contributed by atoms with Crippen LogP contribution in [0, 0.1) is 38.5 Å². The molecule has 1 aromatic rings. The van der Waals surface area contributed by atoms with E-state index in [9.17, 15) is 9.59 Å². The lowest BCUT2D eigenvalue weighted by Gasteiger charge is -2.38. The number of hydrogen-bond acceptors (Lipinski definition) is 4. The first-order valence-corrected chi connectivity index (χ1v) is 15.2. The van der Waals surface area contributed by atoms with Gasteiger partial charge in [0.25, 0.3) is 0 Å². The second kappa shape index (κ2) is 15.5. The van der Waals surface area contributed by atoms with Crippen LogP contribution < -0.4 is 9.47 Å². The van der Waals surface area contributed by atoms with Crippen molar-refractivity contribution in [3.63, 3.8) is 0 Å². The number of aliphatic carboxylic acids is 1. The van der Waals surface area contributed by atoms with Gasteiger partial charge in [-0.25, -0.2) is 4.79 Å². The molecule has 0 aromatic heterocycles. The number of rotatable bonds is 16. The summed E-state index contributed by atoms with van der Waals surface area (Å²) in [4.78, 5) is 23.0. The lowest BCUT2D eigenvalue weighted by atomic mass is 9.83. The molecule has 5 heteroatoms. The van der Waals surface area contributed by atoms with Crippen LogP contribution in [0.25, 0.3) is 0 Å². The van der Waals surface area contributed by atoms with Crippen LogP contribution in [0.2, 0.25) is 0 Å². The minimum absolute atomic E-state index is 0.0777. The van der Waals surface area contributed by atoms with Crippen molar-refractivity contribution in [2.75, 3.05) is 0 Å². The zero-order valence-electron chi connectivity index (χ0n) is 26.0. The number of carboxylic acids is 1. The lowest BCUT2D eigenvalue weighted by Crippen LogP contribution is -2.37. The molecule has 1 N–H and O–H groups in total. The van der Waals surface area contributed by atoms with Crippen molar-refractivity contribution in [2.45, 2.75) is 138 Å². The van der Waals surface area contributed by atoms with Crippen molar-refractivity contribution < 1.29 is 24.2 Å². The molecule has 0 bridgehead atoms. The zero-order valence-corrected chi connectivity index (χ0v) is 26.0. The molecule has 0 aliphatic carbocycles. The van der Waals surface area contributed by atoms with E-state index in [0.717, 1.165) is 71.1 Å². The molecule has 0 saturated heterocycles. The Balaban J connectivity index is 1.88. The molecular formula is C34H54O5. The summed E-state index contributed by atoms with van der Waals surface area (Å²) in [7, 11) is 0. The minimum Gasteiger partial charge on any atom is -0.487 e. The molecule has 3 unspecified atom stereocenters. The maximum Gasteiger partial charge on any atom is 0.327 e. The number of carboxylic acid groups (broad SMARTS) is 1. The molecular weight excluding hydrogens is 488 g/mol. The average Bonchev–Trinajstić information content (AvgIpc) is 2.84. The van der Waals surface area contributed by atoms with Gasteiger partial charge in [0.15, 0.2) is 0 Å². The number of benzene rings is 1. The third-order valence-corrected chi connectivity index (χ3v) is 8.60. The fourth-order valence-corrected chi connectivity index (χ4v) is 5.82. The molecule has 0 saturated carbocycles. The van der Waals surface area contributed by atoms with Crippen molar-refractivity contribution in [2.24, 2.45) is 17.8 Å². The van der Waals surface area contributed by atoms with Crippen LogP contribution in [0.5, 0.6) is 11.5 Å². The Morgan fingerprint density at radius 2 is 1.51 bits per heavy atom. The zero-order chi connectivity index (χ0) is 29.2. The van der Waals surface area contributed by atoms with E-state index in [0.29, 0.717) is 5.75 Å². The highest BCUT2D eigenvalue weighted by atomic mass is 16.5. The molecule has 1 heterocycles. The summed E-state index contributed by atoms with van der Waals surface area (Å²) in [5.74, 6) is 2.40.